The molecule has 0 atom stereocenters. The van der Waals surface area contributed by atoms with Crippen molar-refractivity contribution in [2.75, 3.05) is 6.54 Å². The summed E-state index contributed by atoms with van der Waals surface area (Å²) in [7, 11) is 0. The standard InChI is InChI=1S/C12H14N2OS/c13-12(16)10-5-3-9(4-6-10)8-14-7-1-2-11(14)15/h3-6H,1-2,7-8H2,(H2,13,16). The van der Waals surface area contributed by atoms with Crippen LogP contribution in [0.25, 0.3) is 0 Å². The maximum Gasteiger partial charge on any atom is 0.222 e. The number of amides is 1. The average Bonchev–Trinajstić information content (AvgIpc) is 2.65. The number of carbonyl (C=O) groups excluding carboxylic acids is 1. The molecule has 0 bridgehead atoms. The summed E-state index contributed by atoms with van der Waals surface area (Å²) in [5.41, 5.74) is 7.50. The van der Waals surface area contributed by atoms with Gasteiger partial charge in [-0.15, -0.1) is 0 Å². The predicted octanol–water partition coefficient (Wildman–Crippen LogP) is 1.44. The minimum absolute atomic E-state index is 0.249. The fraction of sp³-hybridized carbons (Fsp3) is 0.333. The number of nitrogens with zero attached hydrogens (tertiary/aromatic N) is 1. The molecule has 2 N–H and O–H groups in total. The lowest BCUT2D eigenvalue weighted by Gasteiger charge is -2.15. The molecule has 2 rings (SSSR count). The zero-order valence-electron chi connectivity index (χ0n) is 8.98. The lowest BCUT2D eigenvalue weighted by atomic mass is 10.1. The van der Waals surface area contributed by atoms with E-state index in [0.717, 1.165) is 24.1 Å². The molecule has 1 aliphatic rings. The van der Waals surface area contributed by atoms with Crippen LogP contribution < -0.4 is 5.73 Å². The van der Waals surface area contributed by atoms with Gasteiger partial charge in [0.1, 0.15) is 4.99 Å². The molecule has 1 saturated heterocycles. The van der Waals surface area contributed by atoms with Gasteiger partial charge in [0.25, 0.3) is 0 Å². The van der Waals surface area contributed by atoms with Crippen LogP contribution in [0.15, 0.2) is 24.3 Å². The first-order valence-corrected chi connectivity index (χ1v) is 5.74. The highest BCUT2D eigenvalue weighted by Crippen LogP contribution is 2.14. The van der Waals surface area contributed by atoms with E-state index in [1.165, 1.54) is 0 Å². The molecule has 0 saturated carbocycles. The van der Waals surface area contributed by atoms with Crippen LogP contribution in [-0.4, -0.2) is 22.3 Å². The molecule has 0 aliphatic carbocycles. The number of benzene rings is 1. The van der Waals surface area contributed by atoms with Crippen molar-refractivity contribution in [3.63, 3.8) is 0 Å². The molecule has 4 heteroatoms. The lowest BCUT2D eigenvalue weighted by molar-refractivity contribution is -0.128. The van der Waals surface area contributed by atoms with Crippen LogP contribution in [0.4, 0.5) is 0 Å². The van der Waals surface area contributed by atoms with Gasteiger partial charge in [0.05, 0.1) is 0 Å². The highest BCUT2D eigenvalue weighted by molar-refractivity contribution is 7.80. The summed E-state index contributed by atoms with van der Waals surface area (Å²) in [6.07, 6.45) is 1.66. The Bertz CT molecular complexity index is 414. The van der Waals surface area contributed by atoms with Crippen molar-refractivity contribution in [2.24, 2.45) is 5.73 Å². The first-order chi connectivity index (χ1) is 7.66. The first-order valence-electron chi connectivity index (χ1n) is 5.33. The third-order valence-electron chi connectivity index (χ3n) is 2.78. The SMILES string of the molecule is NC(=S)c1ccc(CN2CCCC2=O)cc1. The Balaban J connectivity index is 2.05. The maximum absolute atomic E-state index is 11.4. The Morgan fingerprint density at radius 1 is 1.38 bits per heavy atom. The Hall–Kier alpha value is -1.42. The van der Waals surface area contributed by atoms with Crippen LogP contribution >= 0.6 is 12.2 Å². The molecule has 1 aliphatic heterocycles. The Morgan fingerprint density at radius 3 is 2.56 bits per heavy atom. The summed E-state index contributed by atoms with van der Waals surface area (Å²) in [6.45, 7) is 1.56. The van der Waals surface area contributed by atoms with Crippen molar-refractivity contribution >= 4 is 23.1 Å². The van der Waals surface area contributed by atoms with Crippen LogP contribution in [0, 0.1) is 0 Å². The van der Waals surface area contributed by atoms with E-state index >= 15 is 0 Å². The largest absolute Gasteiger partial charge is 0.389 e. The van der Waals surface area contributed by atoms with Gasteiger partial charge >= 0.3 is 0 Å². The highest BCUT2D eigenvalue weighted by Gasteiger charge is 2.19. The summed E-state index contributed by atoms with van der Waals surface area (Å²) < 4.78 is 0. The van der Waals surface area contributed by atoms with E-state index < -0.39 is 0 Å². The molecule has 0 spiro atoms. The molecule has 0 aromatic heterocycles. The van der Waals surface area contributed by atoms with Gasteiger partial charge in [0, 0.05) is 25.1 Å². The van der Waals surface area contributed by atoms with Gasteiger partial charge in [-0.05, 0) is 12.0 Å². The molecule has 1 aromatic rings. The topological polar surface area (TPSA) is 46.3 Å². The smallest absolute Gasteiger partial charge is 0.222 e. The first kappa shape index (κ1) is 11.1. The summed E-state index contributed by atoms with van der Waals surface area (Å²) in [6, 6.07) is 7.75. The van der Waals surface area contributed by atoms with Crippen LogP contribution in [0.2, 0.25) is 0 Å². The van der Waals surface area contributed by atoms with Crippen molar-refractivity contribution in [1.29, 1.82) is 0 Å². The molecule has 3 nitrogen and oxygen atoms in total. The van der Waals surface area contributed by atoms with Gasteiger partial charge in [-0.25, -0.2) is 0 Å². The average molecular weight is 234 g/mol. The van der Waals surface area contributed by atoms with Crippen molar-refractivity contribution in [3.05, 3.63) is 35.4 Å². The molecule has 0 unspecified atom stereocenters. The highest BCUT2D eigenvalue weighted by atomic mass is 32.1. The molecule has 84 valence electrons. The minimum Gasteiger partial charge on any atom is -0.389 e. The van der Waals surface area contributed by atoms with Crippen LogP contribution in [0.1, 0.15) is 24.0 Å². The molecule has 1 heterocycles. The lowest BCUT2D eigenvalue weighted by Crippen LogP contribution is -2.23. The summed E-state index contributed by atoms with van der Waals surface area (Å²) in [4.78, 5) is 13.7. The van der Waals surface area contributed by atoms with E-state index in [0.29, 0.717) is 18.0 Å². The number of hydrogen-bond acceptors (Lipinski definition) is 2. The van der Waals surface area contributed by atoms with Gasteiger partial charge in [0.2, 0.25) is 5.91 Å². The second kappa shape index (κ2) is 4.61. The molecule has 16 heavy (non-hydrogen) atoms. The monoisotopic (exact) mass is 234 g/mol. The number of carbonyl (C=O) groups is 1. The van der Waals surface area contributed by atoms with Gasteiger partial charge in [-0.2, -0.15) is 0 Å². The summed E-state index contributed by atoms with van der Waals surface area (Å²) >= 11 is 4.88. The van der Waals surface area contributed by atoms with Crippen LogP contribution in [0.5, 0.6) is 0 Å². The van der Waals surface area contributed by atoms with Gasteiger partial charge in [-0.3, -0.25) is 4.79 Å². The fourth-order valence-electron chi connectivity index (χ4n) is 1.87. The Labute approximate surface area is 100 Å². The van der Waals surface area contributed by atoms with Crippen molar-refractivity contribution in [1.82, 2.24) is 4.90 Å². The van der Waals surface area contributed by atoms with E-state index in [2.05, 4.69) is 0 Å². The summed E-state index contributed by atoms with van der Waals surface area (Å²) in [5, 5.41) is 0. The van der Waals surface area contributed by atoms with Crippen molar-refractivity contribution < 1.29 is 4.79 Å². The minimum atomic E-state index is 0.249. The fourth-order valence-corrected chi connectivity index (χ4v) is 2.00. The normalized spacial score (nSPS) is 15.5. The summed E-state index contributed by atoms with van der Waals surface area (Å²) in [5.74, 6) is 0.249. The number of likely N-dealkylation sites (tertiary alicyclic amines) is 1. The third-order valence-corrected chi connectivity index (χ3v) is 3.02. The molecule has 0 radical (unpaired) electrons. The van der Waals surface area contributed by atoms with Gasteiger partial charge in [-0.1, -0.05) is 36.5 Å². The predicted molar refractivity (Wildman–Crippen MR) is 67.0 cm³/mol. The van der Waals surface area contributed by atoms with Crippen LogP contribution in [0.3, 0.4) is 0 Å². The zero-order valence-corrected chi connectivity index (χ0v) is 9.80. The van der Waals surface area contributed by atoms with E-state index in [1.54, 1.807) is 0 Å². The van der Waals surface area contributed by atoms with E-state index in [1.807, 2.05) is 29.2 Å². The van der Waals surface area contributed by atoms with Gasteiger partial charge < -0.3 is 10.6 Å². The second-order valence-corrected chi connectivity index (χ2v) is 4.42. The number of thiocarbonyl (C=S) groups is 1. The van der Waals surface area contributed by atoms with Gasteiger partial charge in [0.15, 0.2) is 0 Å². The number of hydrogen-bond donors (Lipinski definition) is 1. The molecule has 1 amide bonds. The molecule has 1 fully saturated rings. The van der Waals surface area contributed by atoms with E-state index in [9.17, 15) is 4.79 Å². The molecular weight excluding hydrogens is 220 g/mol. The maximum atomic E-state index is 11.4. The number of rotatable bonds is 3. The molecular formula is C12H14N2OS. The number of nitrogens with two attached hydrogens (primary N) is 1. The van der Waals surface area contributed by atoms with Crippen molar-refractivity contribution in [3.8, 4) is 0 Å². The Morgan fingerprint density at radius 2 is 2.06 bits per heavy atom. The quantitative estimate of drug-likeness (QED) is 0.805. The van der Waals surface area contributed by atoms with E-state index in [-0.39, 0.29) is 5.91 Å². The van der Waals surface area contributed by atoms with E-state index in [4.69, 9.17) is 18.0 Å². The molecule has 1 aromatic carbocycles. The third kappa shape index (κ3) is 2.39. The zero-order chi connectivity index (χ0) is 11.5. The Kier molecular flexibility index (Phi) is 3.19. The van der Waals surface area contributed by atoms with Crippen molar-refractivity contribution in [2.45, 2.75) is 19.4 Å². The van der Waals surface area contributed by atoms with Crippen LogP contribution in [-0.2, 0) is 11.3 Å². The second-order valence-electron chi connectivity index (χ2n) is 3.98.